The summed E-state index contributed by atoms with van der Waals surface area (Å²) in [5, 5.41) is 3.31. The fourth-order valence-corrected chi connectivity index (χ4v) is 1.99. The Balaban J connectivity index is 1.62. The minimum Gasteiger partial charge on any atom is -0.380 e. The molecule has 2 heterocycles. The predicted molar refractivity (Wildman–Crippen MR) is 52.8 cm³/mol. The van der Waals surface area contributed by atoms with E-state index in [2.05, 4.69) is 17.3 Å². The Kier molecular flexibility index (Phi) is 3.19. The molecule has 2 aliphatic rings. The average molecular weight is 184 g/mol. The molecule has 1 N–H and O–H groups in total. The third-order valence-corrected chi connectivity index (χ3v) is 3.29. The molecule has 0 spiro atoms. The average Bonchev–Trinajstić information content (AvgIpc) is 2.52. The summed E-state index contributed by atoms with van der Waals surface area (Å²) in [5.74, 6) is 0.935. The summed E-state index contributed by atoms with van der Waals surface area (Å²) in [4.78, 5) is 2.46. The van der Waals surface area contributed by atoms with E-state index in [0.29, 0.717) is 6.04 Å². The number of hydrogen-bond donors (Lipinski definition) is 1. The number of nitrogens with zero attached hydrogens (tertiary/aromatic N) is 1. The highest BCUT2D eigenvalue weighted by Crippen LogP contribution is 2.14. The van der Waals surface area contributed by atoms with Crippen molar-refractivity contribution in [2.75, 3.05) is 39.9 Å². The summed E-state index contributed by atoms with van der Waals surface area (Å²) in [6.07, 6.45) is 2.57. The van der Waals surface area contributed by atoms with Crippen LogP contribution in [0.5, 0.6) is 0 Å². The van der Waals surface area contributed by atoms with E-state index in [9.17, 15) is 0 Å². The van der Waals surface area contributed by atoms with Gasteiger partial charge in [0.25, 0.3) is 0 Å². The van der Waals surface area contributed by atoms with Gasteiger partial charge in [-0.2, -0.15) is 0 Å². The van der Waals surface area contributed by atoms with Gasteiger partial charge in [0.2, 0.25) is 0 Å². The van der Waals surface area contributed by atoms with Crippen LogP contribution < -0.4 is 5.32 Å². The van der Waals surface area contributed by atoms with E-state index in [1.54, 1.807) is 0 Å². The summed E-state index contributed by atoms with van der Waals surface area (Å²) < 4.78 is 5.37. The molecule has 0 radical (unpaired) electrons. The van der Waals surface area contributed by atoms with Crippen LogP contribution in [0.1, 0.15) is 12.8 Å². The molecular weight excluding hydrogens is 164 g/mol. The number of rotatable bonds is 4. The molecule has 2 rings (SSSR count). The quantitative estimate of drug-likeness (QED) is 0.681. The van der Waals surface area contributed by atoms with Crippen LogP contribution in [0.25, 0.3) is 0 Å². The number of hydrogen-bond acceptors (Lipinski definition) is 3. The molecular formula is C10H20N2O. The Morgan fingerprint density at radius 2 is 2.31 bits per heavy atom. The summed E-state index contributed by atoms with van der Waals surface area (Å²) in [5.41, 5.74) is 0. The fourth-order valence-electron chi connectivity index (χ4n) is 1.99. The standard InChI is InChI=1S/C10H20N2O/c1-12(10-3-5-13-8-10)4-2-9-6-11-7-9/h9-11H,2-8H2,1H3. The first-order chi connectivity index (χ1) is 6.36. The van der Waals surface area contributed by atoms with Gasteiger partial charge in [-0.15, -0.1) is 0 Å². The maximum atomic E-state index is 5.37. The zero-order chi connectivity index (χ0) is 9.10. The molecule has 1 unspecified atom stereocenters. The molecule has 0 aromatic heterocycles. The van der Waals surface area contributed by atoms with Crippen molar-refractivity contribution in [3.05, 3.63) is 0 Å². The van der Waals surface area contributed by atoms with Crippen molar-refractivity contribution in [2.24, 2.45) is 5.92 Å². The Morgan fingerprint density at radius 1 is 1.46 bits per heavy atom. The van der Waals surface area contributed by atoms with Gasteiger partial charge in [0.05, 0.1) is 6.61 Å². The van der Waals surface area contributed by atoms with Crippen molar-refractivity contribution < 1.29 is 4.74 Å². The molecule has 0 amide bonds. The molecule has 0 aromatic carbocycles. The first-order valence-electron chi connectivity index (χ1n) is 5.35. The molecule has 2 saturated heterocycles. The summed E-state index contributed by atoms with van der Waals surface area (Å²) in [7, 11) is 2.23. The highest BCUT2D eigenvalue weighted by Gasteiger charge is 2.22. The third-order valence-electron chi connectivity index (χ3n) is 3.29. The van der Waals surface area contributed by atoms with Crippen LogP contribution in [-0.4, -0.2) is 50.8 Å². The van der Waals surface area contributed by atoms with E-state index in [1.165, 1.54) is 32.5 Å². The first-order valence-corrected chi connectivity index (χ1v) is 5.35. The molecule has 13 heavy (non-hydrogen) atoms. The van der Waals surface area contributed by atoms with Crippen molar-refractivity contribution >= 4 is 0 Å². The van der Waals surface area contributed by atoms with E-state index in [1.807, 2.05) is 0 Å². The molecule has 0 saturated carbocycles. The van der Waals surface area contributed by atoms with Crippen LogP contribution >= 0.6 is 0 Å². The van der Waals surface area contributed by atoms with Crippen LogP contribution in [0.2, 0.25) is 0 Å². The largest absolute Gasteiger partial charge is 0.380 e. The van der Waals surface area contributed by atoms with Crippen LogP contribution in [0.3, 0.4) is 0 Å². The second-order valence-corrected chi connectivity index (χ2v) is 4.31. The summed E-state index contributed by atoms with van der Waals surface area (Å²) in [6, 6.07) is 0.688. The van der Waals surface area contributed by atoms with Crippen LogP contribution in [0.15, 0.2) is 0 Å². The molecule has 0 bridgehead atoms. The third kappa shape index (κ3) is 2.42. The molecule has 3 nitrogen and oxygen atoms in total. The Bertz CT molecular complexity index is 153. The van der Waals surface area contributed by atoms with Crippen LogP contribution in [0, 0.1) is 5.92 Å². The van der Waals surface area contributed by atoms with Gasteiger partial charge in [0.1, 0.15) is 0 Å². The fraction of sp³-hybridized carbons (Fsp3) is 1.00. The second-order valence-electron chi connectivity index (χ2n) is 4.31. The van der Waals surface area contributed by atoms with E-state index in [0.717, 1.165) is 19.1 Å². The first kappa shape index (κ1) is 9.44. The van der Waals surface area contributed by atoms with Crippen molar-refractivity contribution in [2.45, 2.75) is 18.9 Å². The van der Waals surface area contributed by atoms with E-state index in [4.69, 9.17) is 4.74 Å². The SMILES string of the molecule is CN(CCC1CNC1)C1CCOC1. The lowest BCUT2D eigenvalue weighted by atomic mass is 9.99. The van der Waals surface area contributed by atoms with Gasteiger partial charge < -0.3 is 15.0 Å². The zero-order valence-corrected chi connectivity index (χ0v) is 8.46. The lowest BCUT2D eigenvalue weighted by Crippen LogP contribution is -2.44. The van der Waals surface area contributed by atoms with Crippen molar-refractivity contribution in [3.63, 3.8) is 0 Å². The normalized spacial score (nSPS) is 29.5. The number of ether oxygens (including phenoxy) is 1. The summed E-state index contributed by atoms with van der Waals surface area (Å²) >= 11 is 0. The van der Waals surface area contributed by atoms with Gasteiger partial charge >= 0.3 is 0 Å². The number of likely N-dealkylation sites (N-methyl/N-ethyl adjacent to an activating group) is 1. The molecule has 2 fully saturated rings. The smallest absolute Gasteiger partial charge is 0.0622 e. The summed E-state index contributed by atoms with van der Waals surface area (Å²) in [6.45, 7) is 5.60. The Labute approximate surface area is 80.4 Å². The van der Waals surface area contributed by atoms with Crippen molar-refractivity contribution in [3.8, 4) is 0 Å². The van der Waals surface area contributed by atoms with Gasteiger partial charge in [-0.1, -0.05) is 0 Å². The van der Waals surface area contributed by atoms with E-state index < -0.39 is 0 Å². The van der Waals surface area contributed by atoms with E-state index >= 15 is 0 Å². The maximum absolute atomic E-state index is 5.37. The van der Waals surface area contributed by atoms with Gasteiger partial charge in [-0.05, 0) is 45.4 Å². The van der Waals surface area contributed by atoms with Crippen molar-refractivity contribution in [1.29, 1.82) is 0 Å². The molecule has 1 atom stereocenters. The number of nitrogens with one attached hydrogen (secondary N) is 1. The monoisotopic (exact) mass is 184 g/mol. The predicted octanol–water partition coefficient (Wildman–Crippen LogP) is 0.317. The lowest BCUT2D eigenvalue weighted by Gasteiger charge is -2.30. The molecule has 0 aliphatic carbocycles. The lowest BCUT2D eigenvalue weighted by molar-refractivity contribution is 0.152. The van der Waals surface area contributed by atoms with E-state index in [-0.39, 0.29) is 0 Å². The molecule has 76 valence electrons. The maximum Gasteiger partial charge on any atom is 0.0622 e. The minimum atomic E-state index is 0.688. The molecule has 0 aromatic rings. The topological polar surface area (TPSA) is 24.5 Å². The molecule has 3 heteroatoms. The van der Waals surface area contributed by atoms with Gasteiger partial charge in [-0.25, -0.2) is 0 Å². The highest BCUT2D eigenvalue weighted by molar-refractivity contribution is 4.78. The zero-order valence-electron chi connectivity index (χ0n) is 8.46. The van der Waals surface area contributed by atoms with Gasteiger partial charge in [-0.3, -0.25) is 0 Å². The highest BCUT2D eigenvalue weighted by atomic mass is 16.5. The molecule has 2 aliphatic heterocycles. The van der Waals surface area contributed by atoms with Crippen LogP contribution in [0.4, 0.5) is 0 Å². The second kappa shape index (κ2) is 4.40. The van der Waals surface area contributed by atoms with Crippen LogP contribution in [-0.2, 0) is 4.74 Å². The minimum absolute atomic E-state index is 0.688. The van der Waals surface area contributed by atoms with Crippen molar-refractivity contribution in [1.82, 2.24) is 10.2 Å². The Hall–Kier alpha value is -0.120. The van der Waals surface area contributed by atoms with Gasteiger partial charge in [0, 0.05) is 12.6 Å². The Morgan fingerprint density at radius 3 is 2.85 bits per heavy atom. The van der Waals surface area contributed by atoms with Gasteiger partial charge in [0.15, 0.2) is 0 Å².